The van der Waals surface area contributed by atoms with E-state index in [4.69, 9.17) is 11.5 Å². The highest BCUT2D eigenvalue weighted by molar-refractivity contribution is 5.95. The maximum atomic E-state index is 12.8. The number of benzene rings is 1. The standard InChI is InChI=1S/C11H12F3N3O/c12-11(13,14)9-3-7(17-4-6(15)5-17)1-2-8(9)10(16)18/h1-3,6H,4-5,15H2,(H2,16,18). The van der Waals surface area contributed by atoms with Gasteiger partial charge in [0, 0.05) is 24.8 Å². The summed E-state index contributed by atoms with van der Waals surface area (Å²) in [5.41, 5.74) is 9.38. The fourth-order valence-electron chi connectivity index (χ4n) is 1.90. The molecular formula is C11H12F3N3O. The number of hydrogen-bond acceptors (Lipinski definition) is 3. The van der Waals surface area contributed by atoms with Gasteiger partial charge in [0.2, 0.25) is 5.91 Å². The van der Waals surface area contributed by atoms with E-state index in [1.54, 1.807) is 4.90 Å². The summed E-state index contributed by atoms with van der Waals surface area (Å²) in [5.74, 6) is -1.09. The number of nitrogens with zero attached hydrogens (tertiary/aromatic N) is 1. The molecule has 1 aliphatic heterocycles. The molecule has 18 heavy (non-hydrogen) atoms. The Morgan fingerprint density at radius 2 is 1.94 bits per heavy atom. The van der Waals surface area contributed by atoms with Gasteiger partial charge in [0.15, 0.2) is 0 Å². The van der Waals surface area contributed by atoms with Gasteiger partial charge in [0.25, 0.3) is 0 Å². The van der Waals surface area contributed by atoms with Crippen LogP contribution < -0.4 is 16.4 Å². The lowest BCUT2D eigenvalue weighted by Gasteiger charge is -2.39. The van der Waals surface area contributed by atoms with Crippen molar-refractivity contribution >= 4 is 11.6 Å². The van der Waals surface area contributed by atoms with Crippen LogP contribution in [0.4, 0.5) is 18.9 Å². The summed E-state index contributed by atoms with van der Waals surface area (Å²) in [6.45, 7) is 1.01. The molecule has 0 atom stereocenters. The second-order valence-corrected chi connectivity index (χ2v) is 4.26. The van der Waals surface area contributed by atoms with Crippen molar-refractivity contribution in [2.24, 2.45) is 11.5 Å². The molecule has 1 fully saturated rings. The maximum absolute atomic E-state index is 12.8. The summed E-state index contributed by atoms with van der Waals surface area (Å²) in [7, 11) is 0. The number of primary amides is 1. The number of hydrogen-bond donors (Lipinski definition) is 2. The Morgan fingerprint density at radius 1 is 1.33 bits per heavy atom. The van der Waals surface area contributed by atoms with E-state index in [2.05, 4.69) is 0 Å². The summed E-state index contributed by atoms with van der Waals surface area (Å²) < 4.78 is 38.4. The Bertz CT molecular complexity index is 481. The van der Waals surface area contributed by atoms with Gasteiger partial charge in [-0.3, -0.25) is 4.79 Å². The molecule has 0 aromatic heterocycles. The third-order valence-electron chi connectivity index (χ3n) is 2.85. The summed E-state index contributed by atoms with van der Waals surface area (Å²) in [5, 5.41) is 0. The minimum atomic E-state index is -4.60. The van der Waals surface area contributed by atoms with Gasteiger partial charge >= 0.3 is 6.18 Å². The first-order chi connectivity index (χ1) is 8.29. The van der Waals surface area contributed by atoms with Crippen LogP contribution >= 0.6 is 0 Å². The van der Waals surface area contributed by atoms with Crippen LogP contribution in [0.3, 0.4) is 0 Å². The lowest BCUT2D eigenvalue weighted by atomic mass is 10.0. The number of nitrogens with two attached hydrogens (primary N) is 2. The molecule has 4 N–H and O–H groups in total. The molecule has 0 aliphatic carbocycles. The topological polar surface area (TPSA) is 72.4 Å². The van der Waals surface area contributed by atoms with Crippen molar-refractivity contribution in [3.8, 4) is 0 Å². The highest BCUT2D eigenvalue weighted by atomic mass is 19.4. The Morgan fingerprint density at radius 3 is 2.39 bits per heavy atom. The van der Waals surface area contributed by atoms with Crippen LogP contribution in [-0.2, 0) is 6.18 Å². The number of carbonyl (C=O) groups excluding carboxylic acids is 1. The van der Waals surface area contributed by atoms with Gasteiger partial charge in [-0.1, -0.05) is 0 Å². The fraction of sp³-hybridized carbons (Fsp3) is 0.364. The smallest absolute Gasteiger partial charge is 0.368 e. The fourth-order valence-corrected chi connectivity index (χ4v) is 1.90. The van der Waals surface area contributed by atoms with Gasteiger partial charge in [0.05, 0.1) is 11.1 Å². The monoisotopic (exact) mass is 259 g/mol. The van der Waals surface area contributed by atoms with E-state index in [1.807, 2.05) is 0 Å². The van der Waals surface area contributed by atoms with Crippen LogP contribution in [0, 0.1) is 0 Å². The zero-order valence-electron chi connectivity index (χ0n) is 9.37. The summed E-state index contributed by atoms with van der Waals surface area (Å²) in [6.07, 6.45) is -4.60. The molecular weight excluding hydrogens is 247 g/mol. The maximum Gasteiger partial charge on any atom is 0.417 e. The molecule has 2 rings (SSSR count). The number of anilines is 1. The molecule has 0 saturated carbocycles. The highest BCUT2D eigenvalue weighted by Gasteiger charge is 2.36. The van der Waals surface area contributed by atoms with Crippen LogP contribution in [-0.4, -0.2) is 25.0 Å². The molecule has 4 nitrogen and oxygen atoms in total. The molecule has 0 bridgehead atoms. The first-order valence-corrected chi connectivity index (χ1v) is 5.30. The second-order valence-electron chi connectivity index (χ2n) is 4.26. The lowest BCUT2D eigenvalue weighted by Crippen LogP contribution is -2.55. The van der Waals surface area contributed by atoms with Crippen molar-refractivity contribution in [2.45, 2.75) is 12.2 Å². The average Bonchev–Trinajstić information content (AvgIpc) is 2.22. The molecule has 1 saturated heterocycles. The third kappa shape index (κ3) is 2.26. The Labute approximate surface area is 101 Å². The van der Waals surface area contributed by atoms with Crippen LogP contribution in [0.1, 0.15) is 15.9 Å². The molecule has 0 radical (unpaired) electrons. The van der Waals surface area contributed by atoms with E-state index in [0.717, 1.165) is 12.1 Å². The van der Waals surface area contributed by atoms with Crippen molar-refractivity contribution in [2.75, 3.05) is 18.0 Å². The van der Waals surface area contributed by atoms with Gasteiger partial charge in [0.1, 0.15) is 0 Å². The molecule has 1 amide bonds. The van der Waals surface area contributed by atoms with Gasteiger partial charge in [-0.2, -0.15) is 13.2 Å². The largest absolute Gasteiger partial charge is 0.417 e. The Balaban J connectivity index is 2.40. The van der Waals surface area contributed by atoms with Crippen molar-refractivity contribution in [3.63, 3.8) is 0 Å². The summed E-state index contributed by atoms with van der Waals surface area (Å²) >= 11 is 0. The van der Waals surface area contributed by atoms with Crippen LogP contribution in [0.25, 0.3) is 0 Å². The summed E-state index contributed by atoms with van der Waals surface area (Å²) in [6, 6.07) is 3.47. The SMILES string of the molecule is NC(=O)c1ccc(N2CC(N)C2)cc1C(F)(F)F. The van der Waals surface area contributed by atoms with Crippen LogP contribution in [0.15, 0.2) is 18.2 Å². The van der Waals surface area contributed by atoms with Crippen LogP contribution in [0.2, 0.25) is 0 Å². The van der Waals surface area contributed by atoms with E-state index < -0.39 is 23.2 Å². The van der Waals surface area contributed by atoms with E-state index in [1.165, 1.54) is 6.07 Å². The van der Waals surface area contributed by atoms with Gasteiger partial charge in [-0.05, 0) is 18.2 Å². The lowest BCUT2D eigenvalue weighted by molar-refractivity contribution is -0.137. The van der Waals surface area contributed by atoms with Crippen molar-refractivity contribution in [1.82, 2.24) is 0 Å². The highest BCUT2D eigenvalue weighted by Crippen LogP contribution is 2.35. The molecule has 1 aromatic rings. The van der Waals surface area contributed by atoms with Crippen LogP contribution in [0.5, 0.6) is 0 Å². The molecule has 1 aliphatic rings. The normalized spacial score (nSPS) is 16.6. The zero-order valence-corrected chi connectivity index (χ0v) is 9.37. The number of halogens is 3. The third-order valence-corrected chi connectivity index (χ3v) is 2.85. The minimum Gasteiger partial charge on any atom is -0.368 e. The Hall–Kier alpha value is -1.76. The van der Waals surface area contributed by atoms with Crippen molar-refractivity contribution in [3.05, 3.63) is 29.3 Å². The van der Waals surface area contributed by atoms with Gasteiger partial charge in [-0.15, -0.1) is 0 Å². The predicted molar refractivity (Wildman–Crippen MR) is 60.2 cm³/mol. The number of carbonyl (C=O) groups is 1. The van der Waals surface area contributed by atoms with Gasteiger partial charge < -0.3 is 16.4 Å². The van der Waals surface area contributed by atoms with E-state index >= 15 is 0 Å². The predicted octanol–water partition coefficient (Wildman–Crippen LogP) is 0.952. The number of amides is 1. The second kappa shape index (κ2) is 4.16. The minimum absolute atomic E-state index is 0.0184. The van der Waals surface area contributed by atoms with E-state index in [-0.39, 0.29) is 6.04 Å². The summed E-state index contributed by atoms with van der Waals surface area (Å²) in [4.78, 5) is 12.7. The molecule has 1 heterocycles. The average molecular weight is 259 g/mol. The van der Waals surface area contributed by atoms with Crippen molar-refractivity contribution < 1.29 is 18.0 Å². The Kier molecular flexibility index (Phi) is 2.94. The van der Waals surface area contributed by atoms with E-state index in [9.17, 15) is 18.0 Å². The van der Waals surface area contributed by atoms with E-state index in [0.29, 0.717) is 18.8 Å². The number of alkyl halides is 3. The number of rotatable bonds is 2. The molecule has 98 valence electrons. The zero-order chi connectivity index (χ0) is 13.5. The molecule has 1 aromatic carbocycles. The molecule has 0 unspecified atom stereocenters. The van der Waals surface area contributed by atoms with Crippen molar-refractivity contribution in [1.29, 1.82) is 0 Å². The first kappa shape index (κ1) is 12.7. The van der Waals surface area contributed by atoms with Gasteiger partial charge in [-0.25, -0.2) is 0 Å². The quantitative estimate of drug-likeness (QED) is 0.830. The first-order valence-electron chi connectivity index (χ1n) is 5.30. The molecule has 7 heteroatoms. The molecule has 0 spiro atoms.